The Balaban J connectivity index is 1.34. The van der Waals surface area contributed by atoms with Crippen LogP contribution in [0.2, 0.25) is 5.02 Å². The number of hydrogen-bond donors (Lipinski definition) is 0. The molecule has 0 aliphatic carbocycles. The van der Waals surface area contributed by atoms with Crippen LogP contribution in [0, 0.1) is 6.92 Å². The molecule has 0 spiro atoms. The van der Waals surface area contributed by atoms with Gasteiger partial charge in [0.2, 0.25) is 0 Å². The monoisotopic (exact) mass is 446 g/mol. The smallest absolute Gasteiger partial charge is 0.274 e. The summed E-state index contributed by atoms with van der Waals surface area (Å²) in [5.41, 5.74) is 5.04. The van der Waals surface area contributed by atoms with Gasteiger partial charge in [-0.2, -0.15) is 0 Å². The Morgan fingerprint density at radius 3 is 2.84 bits per heavy atom. The van der Waals surface area contributed by atoms with E-state index in [-0.39, 0.29) is 12.0 Å². The first kappa shape index (κ1) is 20.7. The number of hydrogen-bond acceptors (Lipinski definition) is 4. The SMILES string of the molecule is Cc1cccn2cc(C(=O)N3CCOC(c4cccc(Cc5ccccc5Cl)n4)C3)nc12. The molecule has 4 heterocycles. The number of nitrogens with zero attached hydrogens (tertiary/aromatic N) is 4. The fourth-order valence-corrected chi connectivity index (χ4v) is 4.25. The molecule has 4 aromatic rings. The molecule has 1 atom stereocenters. The zero-order chi connectivity index (χ0) is 22.1. The largest absolute Gasteiger partial charge is 0.368 e. The van der Waals surface area contributed by atoms with E-state index in [9.17, 15) is 4.79 Å². The van der Waals surface area contributed by atoms with Gasteiger partial charge < -0.3 is 14.0 Å². The normalized spacial score (nSPS) is 16.4. The first-order valence-electron chi connectivity index (χ1n) is 10.6. The predicted octanol–water partition coefficient (Wildman–Crippen LogP) is 4.50. The van der Waals surface area contributed by atoms with Crippen molar-refractivity contribution < 1.29 is 9.53 Å². The van der Waals surface area contributed by atoms with E-state index in [1.165, 1.54) is 0 Å². The molecule has 32 heavy (non-hydrogen) atoms. The number of pyridine rings is 2. The number of morpholine rings is 1. The van der Waals surface area contributed by atoms with E-state index in [1.807, 2.05) is 72.1 Å². The van der Waals surface area contributed by atoms with Gasteiger partial charge in [0, 0.05) is 36.1 Å². The average Bonchev–Trinajstić information content (AvgIpc) is 3.26. The quantitative estimate of drug-likeness (QED) is 0.463. The van der Waals surface area contributed by atoms with Crippen LogP contribution in [0.1, 0.15) is 39.1 Å². The molecule has 1 aromatic carbocycles. The highest BCUT2D eigenvalue weighted by atomic mass is 35.5. The Kier molecular flexibility index (Phi) is 5.64. The Labute approximate surface area is 191 Å². The van der Waals surface area contributed by atoms with E-state index in [1.54, 1.807) is 11.1 Å². The van der Waals surface area contributed by atoms with Crippen LogP contribution in [0.15, 0.2) is 67.0 Å². The molecule has 0 N–H and O–H groups in total. The molecule has 3 aromatic heterocycles. The topological polar surface area (TPSA) is 59.7 Å². The number of fused-ring (bicyclic) bond motifs is 1. The zero-order valence-electron chi connectivity index (χ0n) is 17.7. The lowest BCUT2D eigenvalue weighted by molar-refractivity contribution is -0.0249. The van der Waals surface area contributed by atoms with Crippen LogP contribution < -0.4 is 0 Å². The third kappa shape index (κ3) is 4.11. The Morgan fingerprint density at radius 2 is 2.00 bits per heavy atom. The van der Waals surface area contributed by atoms with Gasteiger partial charge in [-0.1, -0.05) is 41.9 Å². The molecule has 1 aliphatic rings. The third-order valence-electron chi connectivity index (χ3n) is 5.74. The van der Waals surface area contributed by atoms with Crippen LogP contribution >= 0.6 is 11.6 Å². The number of rotatable bonds is 4. The lowest BCUT2D eigenvalue weighted by Gasteiger charge is -2.32. The third-order valence-corrected chi connectivity index (χ3v) is 6.11. The van der Waals surface area contributed by atoms with Crippen LogP contribution in [0.5, 0.6) is 0 Å². The molecule has 5 rings (SSSR count). The maximum absolute atomic E-state index is 13.2. The number of benzene rings is 1. The summed E-state index contributed by atoms with van der Waals surface area (Å²) in [6.45, 7) is 3.41. The molecule has 1 fully saturated rings. The van der Waals surface area contributed by atoms with Gasteiger partial charge in [0.05, 0.1) is 18.8 Å². The van der Waals surface area contributed by atoms with Crippen LogP contribution in [0.4, 0.5) is 0 Å². The van der Waals surface area contributed by atoms with Crippen molar-refractivity contribution in [2.24, 2.45) is 0 Å². The van der Waals surface area contributed by atoms with Crippen LogP contribution in [-0.4, -0.2) is 44.9 Å². The van der Waals surface area contributed by atoms with Crippen LogP contribution in [0.3, 0.4) is 0 Å². The van der Waals surface area contributed by atoms with E-state index in [0.29, 0.717) is 31.8 Å². The number of aryl methyl sites for hydroxylation is 1. The van der Waals surface area contributed by atoms with Crippen molar-refractivity contribution in [2.45, 2.75) is 19.4 Å². The van der Waals surface area contributed by atoms with Crippen molar-refractivity contribution in [3.05, 3.63) is 100 Å². The Bertz CT molecular complexity index is 1290. The number of carbonyl (C=O) groups excluding carboxylic acids is 1. The van der Waals surface area contributed by atoms with Crippen molar-refractivity contribution in [3.8, 4) is 0 Å². The molecule has 1 amide bonds. The summed E-state index contributed by atoms with van der Waals surface area (Å²) in [7, 11) is 0. The summed E-state index contributed by atoms with van der Waals surface area (Å²) in [5, 5.41) is 0.730. The van der Waals surface area contributed by atoms with E-state index < -0.39 is 0 Å². The number of halogens is 1. The summed E-state index contributed by atoms with van der Waals surface area (Å²) in [6.07, 6.45) is 4.06. The van der Waals surface area contributed by atoms with Crippen LogP contribution in [0.25, 0.3) is 5.65 Å². The van der Waals surface area contributed by atoms with Crippen molar-refractivity contribution in [2.75, 3.05) is 19.7 Å². The minimum atomic E-state index is -0.280. The summed E-state index contributed by atoms with van der Waals surface area (Å²) >= 11 is 6.31. The second-order valence-corrected chi connectivity index (χ2v) is 8.39. The molecule has 162 valence electrons. The fraction of sp³-hybridized carbons (Fsp3) is 0.240. The summed E-state index contributed by atoms with van der Waals surface area (Å²) in [6, 6.07) is 17.6. The van der Waals surface area contributed by atoms with Crippen molar-refractivity contribution >= 4 is 23.2 Å². The van der Waals surface area contributed by atoms with Gasteiger partial charge in [0.1, 0.15) is 17.4 Å². The first-order valence-corrected chi connectivity index (χ1v) is 11.0. The number of aromatic nitrogens is 3. The number of amides is 1. The van der Waals surface area contributed by atoms with E-state index in [0.717, 1.165) is 33.2 Å². The Hall–Kier alpha value is -3.22. The average molecular weight is 447 g/mol. The van der Waals surface area contributed by atoms with Gasteiger partial charge in [-0.15, -0.1) is 0 Å². The summed E-state index contributed by atoms with van der Waals surface area (Å²) < 4.78 is 7.87. The minimum Gasteiger partial charge on any atom is -0.368 e. The van der Waals surface area contributed by atoms with Crippen LogP contribution in [-0.2, 0) is 11.2 Å². The molecule has 7 heteroatoms. The summed E-state index contributed by atoms with van der Waals surface area (Å²) in [5.74, 6) is -0.0892. The number of imidazole rings is 1. The van der Waals surface area contributed by atoms with Gasteiger partial charge in [0.25, 0.3) is 5.91 Å². The highest BCUT2D eigenvalue weighted by Crippen LogP contribution is 2.24. The van der Waals surface area contributed by atoms with E-state index in [4.69, 9.17) is 21.3 Å². The molecule has 0 saturated carbocycles. The van der Waals surface area contributed by atoms with E-state index in [2.05, 4.69) is 4.98 Å². The molecule has 1 saturated heterocycles. The molecular formula is C25H23ClN4O2. The van der Waals surface area contributed by atoms with E-state index >= 15 is 0 Å². The maximum Gasteiger partial charge on any atom is 0.274 e. The zero-order valence-corrected chi connectivity index (χ0v) is 18.5. The molecule has 0 radical (unpaired) electrons. The van der Waals surface area contributed by atoms with Gasteiger partial charge in [-0.3, -0.25) is 9.78 Å². The second kappa shape index (κ2) is 8.73. The highest BCUT2D eigenvalue weighted by Gasteiger charge is 2.28. The lowest BCUT2D eigenvalue weighted by atomic mass is 10.1. The van der Waals surface area contributed by atoms with Gasteiger partial charge in [0.15, 0.2) is 0 Å². The lowest BCUT2D eigenvalue weighted by Crippen LogP contribution is -2.42. The molecular weight excluding hydrogens is 424 g/mol. The molecule has 0 bridgehead atoms. The maximum atomic E-state index is 13.2. The number of carbonyl (C=O) groups is 1. The fourth-order valence-electron chi connectivity index (χ4n) is 4.04. The van der Waals surface area contributed by atoms with Crippen molar-refractivity contribution in [3.63, 3.8) is 0 Å². The van der Waals surface area contributed by atoms with Gasteiger partial charge in [-0.25, -0.2) is 4.98 Å². The standard InChI is InChI=1S/C25H23ClN4O2/c1-17-6-5-11-29-15-22(28-24(17)29)25(31)30-12-13-32-23(16-30)21-10-4-8-19(27-21)14-18-7-2-3-9-20(18)26/h2-11,15,23H,12-14,16H2,1H3. The van der Waals surface area contributed by atoms with Crippen molar-refractivity contribution in [1.29, 1.82) is 0 Å². The molecule has 1 unspecified atom stereocenters. The van der Waals surface area contributed by atoms with Crippen molar-refractivity contribution in [1.82, 2.24) is 19.3 Å². The number of ether oxygens (including phenoxy) is 1. The first-order chi connectivity index (χ1) is 15.6. The molecule has 1 aliphatic heterocycles. The minimum absolute atomic E-state index is 0.0892. The second-order valence-electron chi connectivity index (χ2n) is 7.98. The predicted molar refractivity (Wildman–Crippen MR) is 123 cm³/mol. The summed E-state index contributed by atoms with van der Waals surface area (Å²) in [4.78, 5) is 24.3. The van der Waals surface area contributed by atoms with Gasteiger partial charge >= 0.3 is 0 Å². The van der Waals surface area contributed by atoms with Gasteiger partial charge in [-0.05, 0) is 42.3 Å². The Morgan fingerprint density at radius 1 is 1.12 bits per heavy atom. The molecule has 6 nitrogen and oxygen atoms in total. The highest BCUT2D eigenvalue weighted by molar-refractivity contribution is 6.31.